The maximum Gasteiger partial charge on any atom is 0.252 e. The van der Waals surface area contributed by atoms with Crippen LogP contribution in [0, 0.1) is 0 Å². The zero-order valence-corrected chi connectivity index (χ0v) is 19.4. The van der Waals surface area contributed by atoms with Crippen LogP contribution < -0.4 is 10.3 Å². The lowest BCUT2D eigenvalue weighted by atomic mass is 10.1. The van der Waals surface area contributed by atoms with Crippen molar-refractivity contribution in [2.24, 2.45) is 0 Å². The first-order chi connectivity index (χ1) is 15.9. The van der Waals surface area contributed by atoms with Crippen molar-refractivity contribution in [2.45, 2.75) is 31.3 Å². The lowest BCUT2D eigenvalue weighted by molar-refractivity contribution is 0.398. The predicted octanol–water partition coefficient (Wildman–Crippen LogP) is 4.49. The van der Waals surface area contributed by atoms with E-state index in [-0.39, 0.29) is 23.5 Å². The summed E-state index contributed by atoms with van der Waals surface area (Å²) < 4.78 is 33.6. The highest BCUT2D eigenvalue weighted by atomic mass is 32.2. The predicted molar refractivity (Wildman–Crippen MR) is 130 cm³/mol. The van der Waals surface area contributed by atoms with Crippen LogP contribution in [0.3, 0.4) is 0 Å². The van der Waals surface area contributed by atoms with Crippen LogP contribution in [0.4, 0.5) is 0 Å². The van der Waals surface area contributed by atoms with Crippen molar-refractivity contribution < 1.29 is 13.2 Å². The van der Waals surface area contributed by atoms with Gasteiger partial charge in [0, 0.05) is 24.2 Å². The number of sulfonamides is 1. The molecule has 1 aromatic heterocycles. The van der Waals surface area contributed by atoms with Gasteiger partial charge in [-0.1, -0.05) is 43.3 Å². The van der Waals surface area contributed by atoms with Crippen molar-refractivity contribution in [2.75, 3.05) is 7.11 Å². The average Bonchev–Trinajstić information content (AvgIpc) is 2.84. The molecular weight excluding hydrogens is 436 g/mol. The minimum atomic E-state index is -3.85. The summed E-state index contributed by atoms with van der Waals surface area (Å²) in [7, 11) is -2.27. The minimum Gasteiger partial charge on any atom is -0.497 e. The Morgan fingerprint density at radius 2 is 1.58 bits per heavy atom. The van der Waals surface area contributed by atoms with Crippen molar-refractivity contribution in [3.8, 4) is 5.75 Å². The van der Waals surface area contributed by atoms with Gasteiger partial charge in [-0.15, -0.1) is 0 Å². The second kappa shape index (κ2) is 9.60. The third-order valence-corrected chi connectivity index (χ3v) is 7.45. The molecule has 3 aromatic carbocycles. The van der Waals surface area contributed by atoms with E-state index in [1.165, 1.54) is 4.31 Å². The van der Waals surface area contributed by atoms with Gasteiger partial charge in [0.2, 0.25) is 10.0 Å². The third-order valence-electron chi connectivity index (χ3n) is 5.64. The van der Waals surface area contributed by atoms with Gasteiger partial charge in [-0.05, 0) is 65.4 Å². The number of nitrogens with zero attached hydrogens (tertiary/aromatic N) is 1. The standard InChI is InChI=1S/C26H26N2O4S/c1-3-19-11-14-25-21(15-19)16-22(26(29)27-25)18-28(17-20-9-12-23(32-2)13-10-20)33(30,31)24-7-5-4-6-8-24/h4-16H,3,17-18H2,1-2H3,(H,27,29). The number of aromatic nitrogens is 1. The van der Waals surface area contributed by atoms with E-state index in [9.17, 15) is 13.2 Å². The van der Waals surface area contributed by atoms with Gasteiger partial charge in [-0.2, -0.15) is 4.31 Å². The molecule has 6 nitrogen and oxygen atoms in total. The first kappa shape index (κ1) is 22.8. The van der Waals surface area contributed by atoms with Crippen molar-refractivity contribution in [3.05, 3.63) is 106 Å². The van der Waals surface area contributed by atoms with Crippen LogP contribution in [0.15, 0.2) is 88.6 Å². The van der Waals surface area contributed by atoms with E-state index >= 15 is 0 Å². The molecule has 0 aliphatic carbocycles. The Morgan fingerprint density at radius 3 is 2.24 bits per heavy atom. The fraction of sp³-hybridized carbons (Fsp3) is 0.192. The van der Waals surface area contributed by atoms with Gasteiger partial charge < -0.3 is 9.72 Å². The molecule has 7 heteroatoms. The highest BCUT2D eigenvalue weighted by Crippen LogP contribution is 2.23. The highest BCUT2D eigenvalue weighted by molar-refractivity contribution is 7.89. The van der Waals surface area contributed by atoms with E-state index < -0.39 is 10.0 Å². The Hall–Kier alpha value is -3.42. The molecule has 0 bridgehead atoms. The summed E-state index contributed by atoms with van der Waals surface area (Å²) in [5, 5.41) is 0.880. The molecule has 170 valence electrons. The Labute approximate surface area is 193 Å². The van der Waals surface area contributed by atoms with Gasteiger partial charge in [0.1, 0.15) is 5.75 Å². The molecule has 0 saturated carbocycles. The molecule has 4 rings (SSSR count). The first-order valence-electron chi connectivity index (χ1n) is 10.7. The lowest BCUT2D eigenvalue weighted by Gasteiger charge is -2.22. The van der Waals surface area contributed by atoms with E-state index in [4.69, 9.17) is 4.74 Å². The van der Waals surface area contributed by atoms with Crippen molar-refractivity contribution >= 4 is 20.9 Å². The number of rotatable bonds is 8. The molecule has 0 saturated heterocycles. The van der Waals surface area contributed by atoms with Crippen LogP contribution in [0.1, 0.15) is 23.6 Å². The number of nitrogens with one attached hydrogen (secondary N) is 1. The van der Waals surface area contributed by atoms with Crippen molar-refractivity contribution in [1.82, 2.24) is 9.29 Å². The first-order valence-corrected chi connectivity index (χ1v) is 12.2. The van der Waals surface area contributed by atoms with E-state index in [1.807, 2.05) is 30.3 Å². The van der Waals surface area contributed by atoms with Crippen LogP contribution in [0.2, 0.25) is 0 Å². The number of pyridine rings is 1. The van der Waals surface area contributed by atoms with E-state index in [0.717, 1.165) is 28.5 Å². The molecule has 33 heavy (non-hydrogen) atoms. The number of fused-ring (bicyclic) bond motifs is 1. The third kappa shape index (κ3) is 4.99. The number of H-pyrrole nitrogens is 1. The van der Waals surface area contributed by atoms with Gasteiger partial charge in [0.15, 0.2) is 0 Å². The minimum absolute atomic E-state index is 0.0507. The van der Waals surface area contributed by atoms with Gasteiger partial charge >= 0.3 is 0 Å². The van der Waals surface area contributed by atoms with Crippen LogP contribution in [-0.4, -0.2) is 24.8 Å². The Bertz CT molecular complexity index is 1410. The summed E-state index contributed by atoms with van der Waals surface area (Å²) in [5.41, 5.74) is 2.76. The van der Waals surface area contributed by atoms with E-state index in [0.29, 0.717) is 11.3 Å². The fourth-order valence-corrected chi connectivity index (χ4v) is 5.16. The average molecular weight is 463 g/mol. The van der Waals surface area contributed by atoms with Gasteiger partial charge in [0.05, 0.1) is 12.0 Å². The zero-order valence-electron chi connectivity index (χ0n) is 18.6. The Kier molecular flexibility index (Phi) is 6.62. The van der Waals surface area contributed by atoms with Crippen LogP contribution in [0.25, 0.3) is 10.9 Å². The quantitative estimate of drug-likeness (QED) is 0.418. The van der Waals surface area contributed by atoms with Gasteiger partial charge in [-0.25, -0.2) is 8.42 Å². The molecule has 1 N–H and O–H groups in total. The molecule has 0 atom stereocenters. The molecule has 0 fully saturated rings. The smallest absolute Gasteiger partial charge is 0.252 e. The second-order valence-corrected chi connectivity index (χ2v) is 9.77. The summed E-state index contributed by atoms with van der Waals surface area (Å²) in [5.74, 6) is 0.689. The van der Waals surface area contributed by atoms with Crippen LogP contribution in [-0.2, 0) is 29.5 Å². The molecule has 0 aliphatic heterocycles. The molecule has 0 spiro atoms. The Balaban J connectivity index is 1.75. The topological polar surface area (TPSA) is 79.5 Å². The molecule has 0 radical (unpaired) electrons. The van der Waals surface area contributed by atoms with E-state index in [2.05, 4.69) is 11.9 Å². The molecule has 0 unspecified atom stereocenters. The number of aryl methyl sites for hydroxylation is 1. The number of hydrogen-bond donors (Lipinski definition) is 1. The summed E-state index contributed by atoms with van der Waals surface area (Å²) in [4.78, 5) is 15.9. The molecule has 1 heterocycles. The number of benzene rings is 3. The molecule has 0 amide bonds. The maximum atomic E-state index is 13.5. The SMILES string of the molecule is CCc1ccc2[nH]c(=O)c(CN(Cc3ccc(OC)cc3)S(=O)(=O)c3ccccc3)cc2c1. The summed E-state index contributed by atoms with van der Waals surface area (Å²) >= 11 is 0. The molecular formula is C26H26N2O4S. The number of aromatic amines is 1. The Morgan fingerprint density at radius 1 is 0.879 bits per heavy atom. The van der Waals surface area contributed by atoms with Gasteiger partial charge in [0.25, 0.3) is 5.56 Å². The largest absolute Gasteiger partial charge is 0.497 e. The van der Waals surface area contributed by atoms with Crippen LogP contribution >= 0.6 is 0 Å². The number of hydrogen-bond acceptors (Lipinski definition) is 4. The van der Waals surface area contributed by atoms with Gasteiger partial charge in [-0.3, -0.25) is 4.79 Å². The normalized spacial score (nSPS) is 11.7. The summed E-state index contributed by atoms with van der Waals surface area (Å²) in [6, 6.07) is 23.2. The maximum absolute atomic E-state index is 13.5. The van der Waals surface area contributed by atoms with Crippen molar-refractivity contribution in [1.29, 1.82) is 0 Å². The zero-order chi connectivity index (χ0) is 23.4. The summed E-state index contributed by atoms with van der Waals surface area (Å²) in [6.45, 7) is 2.13. The summed E-state index contributed by atoms with van der Waals surface area (Å²) in [6.07, 6.45) is 0.871. The van der Waals surface area contributed by atoms with Crippen LogP contribution in [0.5, 0.6) is 5.75 Å². The molecule has 0 aliphatic rings. The number of ether oxygens (including phenoxy) is 1. The molecule has 4 aromatic rings. The second-order valence-electron chi connectivity index (χ2n) is 7.83. The van der Waals surface area contributed by atoms with E-state index in [1.54, 1.807) is 55.6 Å². The lowest BCUT2D eigenvalue weighted by Crippen LogP contribution is -2.32. The van der Waals surface area contributed by atoms with Crippen molar-refractivity contribution in [3.63, 3.8) is 0 Å². The fourth-order valence-electron chi connectivity index (χ4n) is 3.73. The number of methoxy groups -OCH3 is 1. The monoisotopic (exact) mass is 462 g/mol. The highest BCUT2D eigenvalue weighted by Gasteiger charge is 2.26.